The molecule has 172 valence electrons. The van der Waals surface area contributed by atoms with E-state index in [1.54, 1.807) is 12.1 Å². The Hall–Kier alpha value is -2.78. The van der Waals surface area contributed by atoms with Crippen molar-refractivity contribution in [2.24, 2.45) is 5.92 Å². The number of nitrogens with one attached hydrogen (secondary N) is 1. The third-order valence-corrected chi connectivity index (χ3v) is 7.25. The molecular formula is C23H28FN3O4S. The highest BCUT2D eigenvalue weighted by atomic mass is 32.2. The topological polar surface area (TPSA) is 86.8 Å². The number of halogens is 1. The van der Waals surface area contributed by atoms with Gasteiger partial charge in [-0.05, 0) is 61.4 Å². The van der Waals surface area contributed by atoms with Gasteiger partial charge in [-0.25, -0.2) is 12.8 Å². The second-order valence-corrected chi connectivity index (χ2v) is 9.74. The summed E-state index contributed by atoms with van der Waals surface area (Å²) in [5.41, 5.74) is 1.00. The summed E-state index contributed by atoms with van der Waals surface area (Å²) in [6, 6.07) is 11.6. The van der Waals surface area contributed by atoms with Crippen molar-refractivity contribution in [1.82, 2.24) is 4.31 Å². The number of hydrogen-bond donors (Lipinski definition) is 1. The largest absolute Gasteiger partial charge is 0.326 e. The first-order chi connectivity index (χ1) is 15.3. The van der Waals surface area contributed by atoms with Crippen LogP contribution in [0.3, 0.4) is 0 Å². The van der Waals surface area contributed by atoms with Crippen LogP contribution in [0.2, 0.25) is 0 Å². The first-order valence-electron chi connectivity index (χ1n) is 10.7. The average molecular weight is 462 g/mol. The van der Waals surface area contributed by atoms with Gasteiger partial charge in [-0.3, -0.25) is 9.59 Å². The quantitative estimate of drug-likeness (QED) is 0.618. The van der Waals surface area contributed by atoms with Crippen molar-refractivity contribution in [3.05, 3.63) is 54.3 Å². The van der Waals surface area contributed by atoms with Crippen LogP contribution in [-0.4, -0.2) is 44.2 Å². The van der Waals surface area contributed by atoms with Crippen LogP contribution in [0.5, 0.6) is 0 Å². The van der Waals surface area contributed by atoms with Crippen LogP contribution >= 0.6 is 0 Å². The molecule has 0 aromatic heterocycles. The third kappa shape index (κ3) is 5.34. The lowest BCUT2D eigenvalue weighted by atomic mass is 10.1. The Labute approximate surface area is 188 Å². The van der Waals surface area contributed by atoms with Gasteiger partial charge >= 0.3 is 0 Å². The van der Waals surface area contributed by atoms with Gasteiger partial charge in [0.2, 0.25) is 21.8 Å². The second kappa shape index (κ2) is 10.2. The van der Waals surface area contributed by atoms with Gasteiger partial charge < -0.3 is 10.2 Å². The molecule has 7 nitrogen and oxygen atoms in total. The van der Waals surface area contributed by atoms with E-state index in [0.717, 1.165) is 12.8 Å². The zero-order chi connectivity index (χ0) is 23.3. The van der Waals surface area contributed by atoms with Gasteiger partial charge in [-0.15, -0.1) is 0 Å². The highest BCUT2D eigenvalue weighted by Gasteiger charge is 2.35. The number of benzene rings is 2. The predicted molar refractivity (Wildman–Crippen MR) is 121 cm³/mol. The van der Waals surface area contributed by atoms with E-state index < -0.39 is 21.8 Å². The fourth-order valence-electron chi connectivity index (χ4n) is 3.71. The molecule has 3 rings (SSSR count). The molecule has 0 unspecified atom stereocenters. The van der Waals surface area contributed by atoms with E-state index in [1.807, 2.05) is 13.8 Å². The van der Waals surface area contributed by atoms with Crippen LogP contribution in [0.25, 0.3) is 0 Å². The molecular weight excluding hydrogens is 433 g/mol. The van der Waals surface area contributed by atoms with Gasteiger partial charge in [0, 0.05) is 37.4 Å². The maximum Gasteiger partial charge on any atom is 0.243 e. The number of rotatable bonds is 9. The number of hydrogen-bond acceptors (Lipinski definition) is 4. The minimum atomic E-state index is -3.59. The van der Waals surface area contributed by atoms with E-state index in [2.05, 4.69) is 5.32 Å². The second-order valence-electron chi connectivity index (χ2n) is 7.80. The Kier molecular flexibility index (Phi) is 7.63. The Morgan fingerprint density at radius 2 is 1.66 bits per heavy atom. The maximum atomic E-state index is 13.1. The predicted octanol–water partition coefficient (Wildman–Crippen LogP) is 3.63. The Morgan fingerprint density at radius 1 is 1.06 bits per heavy atom. The van der Waals surface area contributed by atoms with E-state index in [1.165, 1.54) is 45.6 Å². The number of sulfonamides is 1. The summed E-state index contributed by atoms with van der Waals surface area (Å²) < 4.78 is 40.3. The molecule has 0 spiro atoms. The lowest BCUT2D eigenvalue weighted by Gasteiger charge is -2.21. The summed E-state index contributed by atoms with van der Waals surface area (Å²) in [4.78, 5) is 26.7. The summed E-state index contributed by atoms with van der Waals surface area (Å²) in [7, 11) is -3.59. The summed E-state index contributed by atoms with van der Waals surface area (Å²) in [5.74, 6) is -1.48. The molecule has 1 atom stereocenters. The van der Waals surface area contributed by atoms with Gasteiger partial charge in [-0.1, -0.05) is 13.8 Å². The van der Waals surface area contributed by atoms with Crippen molar-refractivity contribution in [3.63, 3.8) is 0 Å². The highest BCUT2D eigenvalue weighted by Crippen LogP contribution is 2.26. The van der Waals surface area contributed by atoms with E-state index in [4.69, 9.17) is 0 Å². The Balaban J connectivity index is 1.66. The van der Waals surface area contributed by atoms with Gasteiger partial charge in [-0.2, -0.15) is 4.31 Å². The molecule has 1 aliphatic rings. The molecule has 1 aliphatic heterocycles. The Bertz CT molecular complexity index is 1050. The number of nitrogens with zero attached hydrogens (tertiary/aromatic N) is 2. The molecule has 1 saturated heterocycles. The first-order valence-corrected chi connectivity index (χ1v) is 12.2. The summed E-state index contributed by atoms with van der Waals surface area (Å²) in [6.07, 6.45) is 1.50. The molecule has 1 heterocycles. The van der Waals surface area contributed by atoms with Crippen LogP contribution in [-0.2, 0) is 19.6 Å². The number of anilines is 2. The molecule has 2 aromatic carbocycles. The first kappa shape index (κ1) is 23.9. The van der Waals surface area contributed by atoms with Crippen LogP contribution in [0.4, 0.5) is 15.8 Å². The Morgan fingerprint density at radius 3 is 2.22 bits per heavy atom. The normalized spacial score (nSPS) is 16.6. The average Bonchev–Trinajstić information content (AvgIpc) is 3.16. The van der Waals surface area contributed by atoms with Gasteiger partial charge in [0.25, 0.3) is 0 Å². The summed E-state index contributed by atoms with van der Waals surface area (Å²) in [6.45, 7) is 4.97. The smallest absolute Gasteiger partial charge is 0.243 e. The standard InChI is InChI=1S/C23H28FN3O4S/c1-3-13-26(14-4-2)32(30,31)21-11-7-19(8-12-21)25-23(29)17-15-22(28)27(16-17)20-9-5-18(24)6-10-20/h5-12,17H,3-4,13-16H2,1-2H3,(H,25,29)/t17-/m0/s1. The fourth-order valence-corrected chi connectivity index (χ4v) is 5.33. The number of amides is 2. The summed E-state index contributed by atoms with van der Waals surface area (Å²) >= 11 is 0. The van der Waals surface area contributed by atoms with E-state index in [9.17, 15) is 22.4 Å². The fraction of sp³-hybridized carbons (Fsp3) is 0.391. The van der Waals surface area contributed by atoms with Crippen molar-refractivity contribution in [3.8, 4) is 0 Å². The van der Waals surface area contributed by atoms with Crippen molar-refractivity contribution in [2.45, 2.75) is 38.0 Å². The maximum absolute atomic E-state index is 13.1. The minimum absolute atomic E-state index is 0.0542. The van der Waals surface area contributed by atoms with Crippen molar-refractivity contribution in [1.29, 1.82) is 0 Å². The van der Waals surface area contributed by atoms with Crippen LogP contribution in [0.15, 0.2) is 53.4 Å². The van der Waals surface area contributed by atoms with Gasteiger partial charge in [0.1, 0.15) is 5.82 Å². The van der Waals surface area contributed by atoms with E-state index >= 15 is 0 Å². The lowest BCUT2D eigenvalue weighted by molar-refractivity contribution is -0.122. The monoisotopic (exact) mass is 461 g/mol. The summed E-state index contributed by atoms with van der Waals surface area (Å²) in [5, 5.41) is 2.76. The number of carbonyl (C=O) groups is 2. The van der Waals surface area contributed by atoms with Crippen LogP contribution in [0, 0.1) is 11.7 Å². The zero-order valence-electron chi connectivity index (χ0n) is 18.3. The zero-order valence-corrected chi connectivity index (χ0v) is 19.1. The molecule has 0 radical (unpaired) electrons. The third-order valence-electron chi connectivity index (χ3n) is 5.34. The molecule has 9 heteroatoms. The van der Waals surface area contributed by atoms with Crippen molar-refractivity contribution in [2.75, 3.05) is 29.9 Å². The SMILES string of the molecule is CCCN(CCC)S(=O)(=O)c1ccc(NC(=O)[C@H]2CC(=O)N(c3ccc(F)cc3)C2)cc1. The van der Waals surface area contributed by atoms with E-state index in [0.29, 0.717) is 24.5 Å². The minimum Gasteiger partial charge on any atom is -0.326 e. The van der Waals surface area contributed by atoms with Crippen LogP contribution in [0.1, 0.15) is 33.1 Å². The van der Waals surface area contributed by atoms with Gasteiger partial charge in [0.15, 0.2) is 0 Å². The molecule has 0 bridgehead atoms. The van der Waals surface area contributed by atoms with Crippen LogP contribution < -0.4 is 10.2 Å². The van der Waals surface area contributed by atoms with Crippen molar-refractivity contribution >= 4 is 33.2 Å². The molecule has 1 N–H and O–H groups in total. The van der Waals surface area contributed by atoms with Gasteiger partial charge in [0.05, 0.1) is 10.8 Å². The number of carbonyl (C=O) groups excluding carboxylic acids is 2. The molecule has 1 fully saturated rings. The molecule has 0 saturated carbocycles. The molecule has 2 aromatic rings. The molecule has 0 aliphatic carbocycles. The van der Waals surface area contributed by atoms with Crippen molar-refractivity contribution < 1.29 is 22.4 Å². The lowest BCUT2D eigenvalue weighted by Crippen LogP contribution is -2.32. The molecule has 2 amide bonds. The van der Waals surface area contributed by atoms with E-state index in [-0.39, 0.29) is 29.7 Å². The molecule has 32 heavy (non-hydrogen) atoms. The highest BCUT2D eigenvalue weighted by molar-refractivity contribution is 7.89.